The third-order valence-electron chi connectivity index (χ3n) is 3.55. The van der Waals surface area contributed by atoms with Crippen molar-refractivity contribution in [1.82, 2.24) is 9.97 Å². The number of carbonyl (C=O) groups is 1. The Bertz CT molecular complexity index is 732. The molecule has 1 aliphatic rings. The second kappa shape index (κ2) is 5.11. The molecule has 108 valence electrons. The zero-order valence-electron chi connectivity index (χ0n) is 12.1. The first-order valence-electron chi connectivity index (χ1n) is 6.71. The van der Waals surface area contributed by atoms with Crippen LogP contribution in [-0.4, -0.2) is 29.5 Å². The molecule has 0 N–H and O–H groups in total. The van der Waals surface area contributed by atoms with E-state index in [0.29, 0.717) is 17.9 Å². The summed E-state index contributed by atoms with van der Waals surface area (Å²) in [6.45, 7) is 4.65. The maximum Gasteiger partial charge on any atom is 0.261 e. The van der Waals surface area contributed by atoms with Crippen LogP contribution in [0.3, 0.4) is 0 Å². The smallest absolute Gasteiger partial charge is 0.261 e. The second-order valence-electron chi connectivity index (χ2n) is 4.93. The van der Waals surface area contributed by atoms with E-state index in [1.165, 1.54) is 0 Å². The van der Waals surface area contributed by atoms with Gasteiger partial charge in [-0.2, -0.15) is 0 Å². The highest BCUT2D eigenvalue weighted by molar-refractivity contribution is 9.10. The van der Waals surface area contributed by atoms with Crippen LogP contribution >= 0.6 is 15.9 Å². The van der Waals surface area contributed by atoms with Crippen molar-refractivity contribution in [2.45, 2.75) is 13.8 Å². The minimum absolute atomic E-state index is 0.0818. The fourth-order valence-corrected chi connectivity index (χ4v) is 2.82. The number of anilines is 3. The Morgan fingerprint density at radius 1 is 1.29 bits per heavy atom. The number of aromatic nitrogens is 2. The van der Waals surface area contributed by atoms with Gasteiger partial charge in [0.1, 0.15) is 5.82 Å². The van der Waals surface area contributed by atoms with Crippen molar-refractivity contribution < 1.29 is 4.79 Å². The number of hydrogen-bond donors (Lipinski definition) is 0. The topological polar surface area (TPSA) is 49.3 Å². The molecule has 0 spiro atoms. The summed E-state index contributed by atoms with van der Waals surface area (Å²) < 4.78 is 0.786. The van der Waals surface area contributed by atoms with E-state index >= 15 is 0 Å². The Morgan fingerprint density at radius 2 is 2.05 bits per heavy atom. The summed E-state index contributed by atoms with van der Waals surface area (Å²) in [4.78, 5) is 25.4. The molecule has 0 atom stereocenters. The number of carbonyl (C=O) groups excluding carboxylic acids is 1. The predicted molar refractivity (Wildman–Crippen MR) is 86.3 cm³/mol. The van der Waals surface area contributed by atoms with Crippen LogP contribution in [0.2, 0.25) is 0 Å². The van der Waals surface area contributed by atoms with Crippen LogP contribution in [0.5, 0.6) is 0 Å². The van der Waals surface area contributed by atoms with E-state index in [4.69, 9.17) is 0 Å². The van der Waals surface area contributed by atoms with Gasteiger partial charge in [0.15, 0.2) is 5.82 Å². The zero-order chi connectivity index (χ0) is 15.1. The van der Waals surface area contributed by atoms with Gasteiger partial charge in [-0.1, -0.05) is 0 Å². The van der Waals surface area contributed by atoms with E-state index in [9.17, 15) is 4.79 Å². The highest BCUT2D eigenvalue weighted by atomic mass is 79.9. The lowest BCUT2D eigenvalue weighted by molar-refractivity contribution is 0.0994. The van der Waals surface area contributed by atoms with Crippen LogP contribution in [0.25, 0.3) is 0 Å². The number of amides is 1. The molecule has 0 fully saturated rings. The first kappa shape index (κ1) is 14.0. The van der Waals surface area contributed by atoms with E-state index in [1.54, 1.807) is 18.1 Å². The fourth-order valence-electron chi connectivity index (χ4n) is 2.49. The monoisotopic (exact) mass is 346 g/mol. The Morgan fingerprint density at radius 3 is 2.76 bits per heavy atom. The number of aryl methyl sites for hydroxylation is 1. The van der Waals surface area contributed by atoms with Gasteiger partial charge >= 0.3 is 0 Å². The predicted octanol–water partition coefficient (Wildman–Crippen LogP) is 3.30. The van der Waals surface area contributed by atoms with Crippen LogP contribution in [0, 0.1) is 6.92 Å². The molecule has 6 heteroatoms. The van der Waals surface area contributed by atoms with E-state index in [2.05, 4.69) is 25.9 Å². The average Bonchev–Trinajstić information content (AvgIpc) is 2.55. The third kappa shape index (κ3) is 2.19. The molecule has 0 unspecified atom stereocenters. The molecule has 1 amide bonds. The number of pyridine rings is 2. The molecule has 2 aromatic heterocycles. The SMILES string of the molecule is CCN1c2ncc(Br)cc2C(=O)N(C)c2ccc(C)nc21. The molecule has 2 aromatic rings. The molecule has 5 nitrogen and oxygen atoms in total. The maximum atomic E-state index is 12.7. The normalized spacial score (nSPS) is 13.8. The molecule has 0 aromatic carbocycles. The van der Waals surface area contributed by atoms with Gasteiger partial charge < -0.3 is 9.80 Å². The van der Waals surface area contributed by atoms with Crippen LogP contribution in [-0.2, 0) is 0 Å². The lowest BCUT2D eigenvalue weighted by Crippen LogP contribution is -2.25. The number of nitrogens with zero attached hydrogens (tertiary/aromatic N) is 4. The molecule has 21 heavy (non-hydrogen) atoms. The summed E-state index contributed by atoms with van der Waals surface area (Å²) in [6, 6.07) is 5.65. The molecule has 1 aliphatic heterocycles. The standard InChI is InChI=1S/C15H15BrN4O/c1-4-20-13-11(7-10(16)8-17-13)15(21)19(3)12-6-5-9(2)18-14(12)20/h5-8H,4H2,1-3H3. The molecule has 0 saturated heterocycles. The average molecular weight is 347 g/mol. The van der Waals surface area contributed by atoms with Gasteiger partial charge in [0.05, 0.1) is 11.3 Å². The third-order valence-corrected chi connectivity index (χ3v) is 3.98. The van der Waals surface area contributed by atoms with Gasteiger partial charge in [-0.15, -0.1) is 0 Å². The Hall–Kier alpha value is -1.95. The molecule has 3 heterocycles. The first-order valence-corrected chi connectivity index (χ1v) is 7.51. The summed E-state index contributed by atoms with van der Waals surface area (Å²) in [5.41, 5.74) is 2.28. The number of hydrogen-bond acceptors (Lipinski definition) is 4. The van der Waals surface area contributed by atoms with Gasteiger partial charge in [0.2, 0.25) is 0 Å². The van der Waals surface area contributed by atoms with Crippen LogP contribution in [0.15, 0.2) is 28.9 Å². The maximum absolute atomic E-state index is 12.7. The van der Waals surface area contributed by atoms with Crippen molar-refractivity contribution in [3.05, 3.63) is 40.1 Å². The minimum Gasteiger partial charge on any atom is -0.309 e. The minimum atomic E-state index is -0.0818. The Balaban J connectivity index is 2.32. The summed E-state index contributed by atoms with van der Waals surface area (Å²) in [6.07, 6.45) is 1.70. The molecule has 0 aliphatic carbocycles. The second-order valence-corrected chi connectivity index (χ2v) is 5.84. The zero-order valence-corrected chi connectivity index (χ0v) is 13.7. The van der Waals surface area contributed by atoms with Gasteiger partial charge in [0.25, 0.3) is 5.91 Å². The summed E-state index contributed by atoms with van der Waals surface area (Å²) in [7, 11) is 1.77. The van der Waals surface area contributed by atoms with Crippen molar-refractivity contribution in [3.63, 3.8) is 0 Å². The van der Waals surface area contributed by atoms with Crippen molar-refractivity contribution in [2.75, 3.05) is 23.4 Å². The van der Waals surface area contributed by atoms with Crippen LogP contribution in [0.4, 0.5) is 17.3 Å². The van der Waals surface area contributed by atoms with E-state index in [0.717, 1.165) is 21.7 Å². The van der Waals surface area contributed by atoms with Crippen molar-refractivity contribution in [2.24, 2.45) is 0 Å². The quantitative estimate of drug-likeness (QED) is 0.794. The van der Waals surface area contributed by atoms with E-state index < -0.39 is 0 Å². The lowest BCUT2D eigenvalue weighted by Gasteiger charge is -2.23. The lowest BCUT2D eigenvalue weighted by atomic mass is 10.2. The van der Waals surface area contributed by atoms with Gasteiger partial charge in [-0.3, -0.25) is 4.79 Å². The van der Waals surface area contributed by atoms with E-state index in [1.807, 2.05) is 36.9 Å². The Kier molecular flexibility index (Phi) is 3.41. The van der Waals surface area contributed by atoms with Crippen LogP contribution in [0.1, 0.15) is 23.0 Å². The molecule has 0 bridgehead atoms. The highest BCUT2D eigenvalue weighted by Gasteiger charge is 2.30. The number of fused-ring (bicyclic) bond motifs is 2. The van der Waals surface area contributed by atoms with Gasteiger partial charge in [-0.25, -0.2) is 9.97 Å². The molecule has 3 rings (SSSR count). The van der Waals surface area contributed by atoms with Crippen LogP contribution < -0.4 is 9.80 Å². The highest BCUT2D eigenvalue weighted by Crippen LogP contribution is 2.38. The largest absolute Gasteiger partial charge is 0.309 e. The summed E-state index contributed by atoms with van der Waals surface area (Å²) >= 11 is 3.38. The first-order chi connectivity index (χ1) is 10.0. The van der Waals surface area contributed by atoms with Crippen molar-refractivity contribution in [3.8, 4) is 0 Å². The fraction of sp³-hybridized carbons (Fsp3) is 0.267. The van der Waals surface area contributed by atoms with E-state index in [-0.39, 0.29) is 5.91 Å². The summed E-state index contributed by atoms with van der Waals surface area (Å²) in [5.74, 6) is 1.33. The molecular weight excluding hydrogens is 332 g/mol. The molecule has 0 radical (unpaired) electrons. The molecular formula is C15H15BrN4O. The summed E-state index contributed by atoms with van der Waals surface area (Å²) in [5, 5.41) is 0. The van der Waals surface area contributed by atoms with Gasteiger partial charge in [-0.05, 0) is 48.0 Å². The number of halogens is 1. The number of rotatable bonds is 1. The molecule has 0 saturated carbocycles. The van der Waals surface area contributed by atoms with Crippen molar-refractivity contribution in [1.29, 1.82) is 0 Å². The van der Waals surface area contributed by atoms with Crippen molar-refractivity contribution >= 4 is 39.2 Å². The van der Waals surface area contributed by atoms with Gasteiger partial charge in [0, 0.05) is 30.0 Å². The Labute approximate surface area is 131 Å².